The van der Waals surface area contributed by atoms with Crippen LogP contribution in [0, 0.1) is 0 Å². The third kappa shape index (κ3) is 6.89. The van der Waals surface area contributed by atoms with E-state index in [2.05, 4.69) is 41.4 Å². The van der Waals surface area contributed by atoms with Gasteiger partial charge in [0.25, 0.3) is 0 Å². The number of piperidine rings is 1. The Morgan fingerprint density at radius 3 is 2.58 bits per heavy atom. The Labute approximate surface area is 145 Å². The number of hydrogen-bond donors (Lipinski definition) is 2. The van der Waals surface area contributed by atoms with Crippen LogP contribution in [0.3, 0.4) is 0 Å². The van der Waals surface area contributed by atoms with Crippen molar-refractivity contribution in [3.63, 3.8) is 0 Å². The van der Waals surface area contributed by atoms with Gasteiger partial charge in [-0.2, -0.15) is 0 Å². The van der Waals surface area contributed by atoms with Gasteiger partial charge in [0, 0.05) is 25.7 Å². The molecule has 0 unspecified atom stereocenters. The fourth-order valence-electron chi connectivity index (χ4n) is 3.02. The lowest BCUT2D eigenvalue weighted by Gasteiger charge is -2.31. The van der Waals surface area contributed by atoms with Gasteiger partial charge in [-0.3, -0.25) is 9.69 Å². The summed E-state index contributed by atoms with van der Waals surface area (Å²) in [5.74, 6) is 0.716. The molecule has 3 N–H and O–H groups in total. The summed E-state index contributed by atoms with van der Waals surface area (Å²) in [5, 5.41) is 3.61. The predicted octanol–water partition coefficient (Wildman–Crippen LogP) is 2.29. The Morgan fingerprint density at radius 2 is 1.96 bits per heavy atom. The second kappa shape index (κ2) is 10.3. The van der Waals surface area contributed by atoms with Gasteiger partial charge in [0.1, 0.15) is 5.75 Å². The maximum atomic E-state index is 10.9. The molecule has 0 aliphatic carbocycles. The summed E-state index contributed by atoms with van der Waals surface area (Å²) in [4.78, 5) is 13.1. The molecule has 1 aliphatic heterocycles. The van der Waals surface area contributed by atoms with E-state index in [9.17, 15) is 4.79 Å². The largest absolute Gasteiger partial charge is 0.494 e. The highest BCUT2D eigenvalue weighted by molar-refractivity contribution is 5.75. The number of nitrogens with one attached hydrogen (secondary N) is 1. The Bertz CT molecular complexity index is 482. The molecule has 2 rings (SSSR count). The van der Waals surface area contributed by atoms with Gasteiger partial charge in [0.15, 0.2) is 0 Å². The molecule has 1 heterocycles. The molecule has 5 heteroatoms. The summed E-state index contributed by atoms with van der Waals surface area (Å²) in [7, 11) is 0. The molecule has 1 amide bonds. The van der Waals surface area contributed by atoms with Crippen LogP contribution in [0.2, 0.25) is 0 Å². The van der Waals surface area contributed by atoms with E-state index in [0.717, 1.165) is 51.3 Å². The van der Waals surface area contributed by atoms with E-state index in [1.807, 2.05) is 0 Å². The molecule has 0 atom stereocenters. The molecule has 0 radical (unpaired) electrons. The number of nitrogens with zero attached hydrogens (tertiary/aromatic N) is 1. The summed E-state index contributed by atoms with van der Waals surface area (Å²) in [6.45, 7) is 6.12. The first-order chi connectivity index (χ1) is 11.7. The summed E-state index contributed by atoms with van der Waals surface area (Å²) in [5.41, 5.74) is 6.52. The Morgan fingerprint density at radius 1 is 1.25 bits per heavy atom. The molecule has 1 aliphatic rings. The molecule has 1 saturated heterocycles. The van der Waals surface area contributed by atoms with Crippen molar-refractivity contribution in [2.45, 2.75) is 51.6 Å². The number of carbonyl (C=O) groups is 1. The maximum Gasteiger partial charge on any atom is 0.231 e. The van der Waals surface area contributed by atoms with Crippen molar-refractivity contribution in [3.8, 4) is 5.75 Å². The van der Waals surface area contributed by atoms with Crippen LogP contribution in [0.1, 0.15) is 44.6 Å². The summed E-state index contributed by atoms with van der Waals surface area (Å²) in [6.07, 6.45) is 5.68. The van der Waals surface area contributed by atoms with Gasteiger partial charge in [0.2, 0.25) is 5.91 Å². The van der Waals surface area contributed by atoms with Crippen LogP contribution in [0.25, 0.3) is 0 Å². The van der Waals surface area contributed by atoms with Crippen LogP contribution in [-0.2, 0) is 11.3 Å². The smallest absolute Gasteiger partial charge is 0.231 e. The van der Waals surface area contributed by atoms with Crippen molar-refractivity contribution in [3.05, 3.63) is 29.8 Å². The molecule has 134 valence electrons. The van der Waals surface area contributed by atoms with Crippen LogP contribution in [0.15, 0.2) is 24.3 Å². The van der Waals surface area contributed by atoms with Crippen LogP contribution in [0.5, 0.6) is 5.75 Å². The van der Waals surface area contributed by atoms with E-state index in [4.69, 9.17) is 10.5 Å². The second-order valence-electron chi connectivity index (χ2n) is 6.60. The van der Waals surface area contributed by atoms with E-state index >= 15 is 0 Å². The van der Waals surface area contributed by atoms with E-state index in [1.54, 1.807) is 0 Å². The standard InChI is InChI=1S/C19H31N3O2/c1-2-3-4-13-24-18-7-5-16(6-8-18)14-21-17-9-11-22(12-10-17)15-19(20)23/h5-8,17,21H,2-4,9-15H2,1H3,(H2,20,23). The third-order valence-corrected chi connectivity index (χ3v) is 4.50. The van der Waals surface area contributed by atoms with Crippen molar-refractivity contribution in [1.29, 1.82) is 0 Å². The third-order valence-electron chi connectivity index (χ3n) is 4.50. The number of primary amides is 1. The Balaban J connectivity index is 1.65. The van der Waals surface area contributed by atoms with Crippen LogP contribution in [-0.4, -0.2) is 43.1 Å². The van der Waals surface area contributed by atoms with Crippen molar-refractivity contribution in [1.82, 2.24) is 10.2 Å². The fourth-order valence-corrected chi connectivity index (χ4v) is 3.02. The van der Waals surface area contributed by atoms with E-state index in [1.165, 1.54) is 18.4 Å². The highest BCUT2D eigenvalue weighted by atomic mass is 16.5. The number of rotatable bonds is 10. The monoisotopic (exact) mass is 333 g/mol. The summed E-state index contributed by atoms with van der Waals surface area (Å²) >= 11 is 0. The highest BCUT2D eigenvalue weighted by Gasteiger charge is 2.19. The first-order valence-corrected chi connectivity index (χ1v) is 9.13. The highest BCUT2D eigenvalue weighted by Crippen LogP contribution is 2.14. The SMILES string of the molecule is CCCCCOc1ccc(CNC2CCN(CC(N)=O)CC2)cc1. The van der Waals surface area contributed by atoms with Crippen LogP contribution >= 0.6 is 0 Å². The van der Waals surface area contributed by atoms with Gasteiger partial charge in [0.05, 0.1) is 13.2 Å². The summed E-state index contributed by atoms with van der Waals surface area (Å²) in [6, 6.07) is 8.88. The zero-order chi connectivity index (χ0) is 17.2. The number of benzene rings is 1. The molecular formula is C19H31N3O2. The number of amides is 1. The number of likely N-dealkylation sites (tertiary alicyclic amines) is 1. The molecule has 0 spiro atoms. The van der Waals surface area contributed by atoms with E-state index in [-0.39, 0.29) is 5.91 Å². The van der Waals surface area contributed by atoms with Gasteiger partial charge < -0.3 is 15.8 Å². The lowest BCUT2D eigenvalue weighted by atomic mass is 10.0. The molecule has 1 aromatic rings. The topological polar surface area (TPSA) is 67.6 Å². The van der Waals surface area contributed by atoms with E-state index < -0.39 is 0 Å². The predicted molar refractivity (Wildman–Crippen MR) is 97.0 cm³/mol. The average molecular weight is 333 g/mol. The van der Waals surface area contributed by atoms with Crippen LogP contribution in [0.4, 0.5) is 0 Å². The first-order valence-electron chi connectivity index (χ1n) is 9.13. The van der Waals surface area contributed by atoms with Crippen molar-refractivity contribution in [2.75, 3.05) is 26.2 Å². The summed E-state index contributed by atoms with van der Waals surface area (Å²) < 4.78 is 5.74. The molecular weight excluding hydrogens is 302 g/mol. The molecule has 1 fully saturated rings. The normalized spacial score (nSPS) is 16.2. The minimum absolute atomic E-state index is 0.238. The zero-order valence-corrected chi connectivity index (χ0v) is 14.8. The van der Waals surface area contributed by atoms with Crippen LogP contribution < -0.4 is 15.8 Å². The van der Waals surface area contributed by atoms with Gasteiger partial charge in [-0.15, -0.1) is 0 Å². The van der Waals surface area contributed by atoms with Gasteiger partial charge in [-0.05, 0) is 37.0 Å². The molecule has 5 nitrogen and oxygen atoms in total. The van der Waals surface area contributed by atoms with Crippen molar-refractivity contribution >= 4 is 5.91 Å². The lowest BCUT2D eigenvalue weighted by Crippen LogP contribution is -2.45. The quantitative estimate of drug-likeness (QED) is 0.645. The zero-order valence-electron chi connectivity index (χ0n) is 14.8. The van der Waals surface area contributed by atoms with Crippen molar-refractivity contribution in [2.24, 2.45) is 5.73 Å². The van der Waals surface area contributed by atoms with E-state index in [0.29, 0.717) is 12.6 Å². The molecule has 0 saturated carbocycles. The van der Waals surface area contributed by atoms with Gasteiger partial charge >= 0.3 is 0 Å². The number of hydrogen-bond acceptors (Lipinski definition) is 4. The number of unbranched alkanes of at least 4 members (excludes halogenated alkanes) is 2. The maximum absolute atomic E-state index is 10.9. The molecule has 0 bridgehead atoms. The Kier molecular flexibility index (Phi) is 8.05. The molecule has 1 aromatic carbocycles. The lowest BCUT2D eigenvalue weighted by molar-refractivity contribution is -0.119. The van der Waals surface area contributed by atoms with Gasteiger partial charge in [-0.25, -0.2) is 0 Å². The van der Waals surface area contributed by atoms with Gasteiger partial charge in [-0.1, -0.05) is 31.9 Å². The molecule has 0 aromatic heterocycles. The number of nitrogens with two attached hydrogens (primary N) is 1. The second-order valence-corrected chi connectivity index (χ2v) is 6.60. The fraction of sp³-hybridized carbons (Fsp3) is 0.632. The number of carbonyl (C=O) groups excluding carboxylic acids is 1. The molecule has 24 heavy (non-hydrogen) atoms. The minimum atomic E-state index is -0.238. The number of ether oxygens (including phenoxy) is 1. The first kappa shape index (κ1) is 18.7. The average Bonchev–Trinajstić information content (AvgIpc) is 2.59. The minimum Gasteiger partial charge on any atom is -0.494 e. The van der Waals surface area contributed by atoms with Crippen molar-refractivity contribution < 1.29 is 9.53 Å². The Hall–Kier alpha value is -1.59.